The molecule has 0 saturated heterocycles. The smallest absolute Gasteiger partial charge is 0.331 e. The Hall–Kier alpha value is -1.22. The Bertz CT molecular complexity index is 357. The zero-order valence-corrected chi connectivity index (χ0v) is 8.42. The zero-order chi connectivity index (χ0) is 9.80. The van der Waals surface area contributed by atoms with E-state index in [1.54, 1.807) is 17.8 Å². The highest BCUT2D eigenvalue weighted by atomic mass is 32.2. The maximum absolute atomic E-state index is 10.8. The number of hydrogen-bond donors (Lipinski definition) is 0. The molecule has 1 heterocycles. The lowest BCUT2D eigenvalue weighted by molar-refractivity contribution is -0.134. The van der Waals surface area contributed by atoms with E-state index in [9.17, 15) is 4.79 Å². The first kappa shape index (κ1) is 9.34. The molecule has 0 aromatic heterocycles. The van der Waals surface area contributed by atoms with E-state index in [0.29, 0.717) is 6.61 Å². The van der Waals surface area contributed by atoms with Gasteiger partial charge in [-0.05, 0) is 17.7 Å². The van der Waals surface area contributed by atoms with Gasteiger partial charge >= 0.3 is 5.97 Å². The van der Waals surface area contributed by atoms with Gasteiger partial charge in [-0.1, -0.05) is 18.2 Å². The monoisotopic (exact) mass is 206 g/mol. The SMILES string of the molecule is O=C1C=C(CSc2ccccc2)CO1. The Labute approximate surface area is 87.0 Å². The van der Waals surface area contributed by atoms with Crippen molar-refractivity contribution in [3.63, 3.8) is 0 Å². The molecule has 0 aliphatic carbocycles. The number of carbonyl (C=O) groups excluding carboxylic acids is 1. The molecule has 1 aliphatic rings. The van der Waals surface area contributed by atoms with Crippen LogP contribution in [0.4, 0.5) is 0 Å². The molecule has 0 amide bonds. The van der Waals surface area contributed by atoms with Crippen LogP contribution in [0.25, 0.3) is 0 Å². The number of esters is 1. The quantitative estimate of drug-likeness (QED) is 0.560. The van der Waals surface area contributed by atoms with Gasteiger partial charge in [0.2, 0.25) is 0 Å². The maximum atomic E-state index is 10.8. The van der Waals surface area contributed by atoms with Crippen LogP contribution in [0.15, 0.2) is 46.9 Å². The van der Waals surface area contributed by atoms with Gasteiger partial charge in [0.15, 0.2) is 0 Å². The van der Waals surface area contributed by atoms with Gasteiger partial charge in [-0.15, -0.1) is 11.8 Å². The van der Waals surface area contributed by atoms with E-state index in [4.69, 9.17) is 4.74 Å². The highest BCUT2D eigenvalue weighted by Crippen LogP contribution is 2.21. The number of ether oxygens (including phenoxy) is 1. The lowest BCUT2D eigenvalue weighted by atomic mass is 10.3. The Kier molecular flexibility index (Phi) is 2.89. The van der Waals surface area contributed by atoms with E-state index < -0.39 is 0 Å². The Balaban J connectivity index is 1.89. The molecule has 0 unspecified atom stereocenters. The molecule has 0 N–H and O–H groups in total. The fourth-order valence-corrected chi connectivity index (χ4v) is 2.06. The molecule has 0 bridgehead atoms. The second kappa shape index (κ2) is 4.33. The predicted molar refractivity (Wildman–Crippen MR) is 56.2 cm³/mol. The first-order chi connectivity index (χ1) is 6.84. The largest absolute Gasteiger partial charge is 0.458 e. The summed E-state index contributed by atoms with van der Waals surface area (Å²) in [6, 6.07) is 10.1. The molecular weight excluding hydrogens is 196 g/mol. The van der Waals surface area contributed by atoms with Crippen molar-refractivity contribution < 1.29 is 9.53 Å². The van der Waals surface area contributed by atoms with E-state index in [0.717, 1.165) is 11.3 Å². The van der Waals surface area contributed by atoms with Crippen molar-refractivity contribution in [1.82, 2.24) is 0 Å². The van der Waals surface area contributed by atoms with Crippen LogP contribution in [0.3, 0.4) is 0 Å². The van der Waals surface area contributed by atoms with Crippen molar-refractivity contribution in [2.45, 2.75) is 4.90 Å². The third-order valence-electron chi connectivity index (χ3n) is 1.89. The van der Waals surface area contributed by atoms with Crippen LogP contribution < -0.4 is 0 Å². The first-order valence-corrected chi connectivity index (χ1v) is 5.37. The van der Waals surface area contributed by atoms with Crippen molar-refractivity contribution in [3.8, 4) is 0 Å². The van der Waals surface area contributed by atoms with Crippen molar-refractivity contribution in [1.29, 1.82) is 0 Å². The van der Waals surface area contributed by atoms with Crippen molar-refractivity contribution in [3.05, 3.63) is 42.0 Å². The van der Waals surface area contributed by atoms with Gasteiger partial charge in [-0.25, -0.2) is 4.79 Å². The topological polar surface area (TPSA) is 26.3 Å². The van der Waals surface area contributed by atoms with Crippen molar-refractivity contribution in [2.75, 3.05) is 12.4 Å². The van der Waals surface area contributed by atoms with Gasteiger partial charge in [0, 0.05) is 16.7 Å². The molecule has 0 atom stereocenters. The molecule has 1 aliphatic heterocycles. The molecule has 0 spiro atoms. The minimum absolute atomic E-state index is 0.214. The van der Waals surface area contributed by atoms with Crippen LogP contribution in [0.1, 0.15) is 0 Å². The highest BCUT2D eigenvalue weighted by Gasteiger charge is 2.12. The Morgan fingerprint density at radius 3 is 2.71 bits per heavy atom. The zero-order valence-electron chi connectivity index (χ0n) is 7.60. The second-order valence-corrected chi connectivity index (χ2v) is 4.06. The lowest BCUT2D eigenvalue weighted by Gasteiger charge is -2.00. The molecule has 1 aromatic carbocycles. The van der Waals surface area contributed by atoms with Crippen LogP contribution in [-0.4, -0.2) is 18.3 Å². The molecule has 72 valence electrons. The summed E-state index contributed by atoms with van der Waals surface area (Å²) in [5.74, 6) is 0.615. The van der Waals surface area contributed by atoms with Gasteiger partial charge in [-0.2, -0.15) is 0 Å². The fraction of sp³-hybridized carbons (Fsp3) is 0.182. The Morgan fingerprint density at radius 2 is 2.07 bits per heavy atom. The molecule has 14 heavy (non-hydrogen) atoms. The predicted octanol–water partition coefficient (Wildman–Crippen LogP) is 2.26. The summed E-state index contributed by atoms with van der Waals surface area (Å²) >= 11 is 1.72. The summed E-state index contributed by atoms with van der Waals surface area (Å²) in [5.41, 5.74) is 1.06. The van der Waals surface area contributed by atoms with Crippen LogP contribution in [0, 0.1) is 0 Å². The lowest BCUT2D eigenvalue weighted by Crippen LogP contribution is -1.92. The first-order valence-electron chi connectivity index (χ1n) is 4.38. The number of cyclic esters (lactones) is 1. The molecule has 1 aromatic rings. The molecule has 0 fully saturated rings. The van der Waals surface area contributed by atoms with E-state index in [2.05, 4.69) is 12.1 Å². The van der Waals surface area contributed by atoms with Gasteiger partial charge in [0.25, 0.3) is 0 Å². The van der Waals surface area contributed by atoms with Gasteiger partial charge in [-0.3, -0.25) is 0 Å². The van der Waals surface area contributed by atoms with Crippen LogP contribution in [0.5, 0.6) is 0 Å². The standard InChI is InChI=1S/C11H10O2S/c12-11-6-9(7-13-11)8-14-10-4-2-1-3-5-10/h1-6H,7-8H2. The number of hydrogen-bond acceptors (Lipinski definition) is 3. The molecule has 2 rings (SSSR count). The Morgan fingerprint density at radius 1 is 1.29 bits per heavy atom. The highest BCUT2D eigenvalue weighted by molar-refractivity contribution is 7.99. The maximum Gasteiger partial charge on any atom is 0.331 e. The van der Waals surface area contributed by atoms with Crippen molar-refractivity contribution >= 4 is 17.7 Å². The number of thioether (sulfide) groups is 1. The minimum atomic E-state index is -0.214. The molecule has 0 radical (unpaired) electrons. The minimum Gasteiger partial charge on any atom is -0.458 e. The van der Waals surface area contributed by atoms with Crippen molar-refractivity contribution in [2.24, 2.45) is 0 Å². The van der Waals surface area contributed by atoms with Gasteiger partial charge in [0.05, 0.1) is 0 Å². The van der Waals surface area contributed by atoms with E-state index >= 15 is 0 Å². The van der Waals surface area contributed by atoms with Crippen LogP contribution in [0.2, 0.25) is 0 Å². The average molecular weight is 206 g/mol. The summed E-state index contributed by atoms with van der Waals surface area (Å²) in [6.07, 6.45) is 1.58. The summed E-state index contributed by atoms with van der Waals surface area (Å²) in [6.45, 7) is 0.457. The normalized spacial score (nSPS) is 15.1. The van der Waals surface area contributed by atoms with Crippen LogP contribution in [-0.2, 0) is 9.53 Å². The number of rotatable bonds is 3. The van der Waals surface area contributed by atoms with Gasteiger partial charge in [0.1, 0.15) is 6.61 Å². The molecular formula is C11H10O2S. The number of carbonyl (C=O) groups is 1. The van der Waals surface area contributed by atoms with E-state index in [1.165, 1.54) is 4.90 Å². The third kappa shape index (κ3) is 2.39. The van der Waals surface area contributed by atoms with E-state index in [-0.39, 0.29) is 5.97 Å². The molecule has 2 nitrogen and oxygen atoms in total. The summed E-state index contributed by atoms with van der Waals surface area (Å²) in [4.78, 5) is 12.0. The van der Waals surface area contributed by atoms with Gasteiger partial charge < -0.3 is 4.74 Å². The molecule has 0 saturated carbocycles. The summed E-state index contributed by atoms with van der Waals surface area (Å²) in [7, 11) is 0. The van der Waals surface area contributed by atoms with Crippen LogP contribution >= 0.6 is 11.8 Å². The average Bonchev–Trinajstić information content (AvgIpc) is 2.63. The summed E-state index contributed by atoms with van der Waals surface area (Å²) in [5, 5.41) is 0. The van der Waals surface area contributed by atoms with E-state index in [1.807, 2.05) is 18.2 Å². The molecule has 3 heteroatoms. The second-order valence-electron chi connectivity index (χ2n) is 3.01. The summed E-state index contributed by atoms with van der Waals surface area (Å²) < 4.78 is 4.81. The fourth-order valence-electron chi connectivity index (χ4n) is 1.19. The number of benzene rings is 1. The third-order valence-corrected chi connectivity index (χ3v) is 3.01.